The molecule has 1 rings (SSSR count). The van der Waals surface area contributed by atoms with Crippen molar-refractivity contribution >= 4 is 35.8 Å². The minimum atomic E-state index is -0.853. The number of hydrogen-bond acceptors (Lipinski definition) is 4. The molecule has 72 valence electrons. The highest BCUT2D eigenvalue weighted by molar-refractivity contribution is 7.99. The second-order valence-electron chi connectivity index (χ2n) is 2.33. The molecule has 0 aliphatic rings. The Morgan fingerprint density at radius 1 is 1.50 bits per heavy atom. The van der Waals surface area contributed by atoms with Crippen LogP contribution >= 0.6 is 12.6 Å². The van der Waals surface area contributed by atoms with E-state index in [9.17, 15) is 14.4 Å². The summed E-state index contributed by atoms with van der Waals surface area (Å²) >= 11 is 3.39. The maximum absolute atomic E-state index is 11.1. The number of nitrogens with one attached hydrogen (secondary N) is 1. The third-order valence-corrected chi connectivity index (χ3v) is 1.63. The third-order valence-electron chi connectivity index (χ3n) is 1.42. The summed E-state index contributed by atoms with van der Waals surface area (Å²) in [7, 11) is 0. The van der Waals surface area contributed by atoms with Crippen molar-refractivity contribution in [1.82, 2.24) is 4.98 Å². The number of ketones is 1. The van der Waals surface area contributed by atoms with Gasteiger partial charge in [0.2, 0.25) is 12.2 Å². The average Bonchev–Trinajstić information content (AvgIpc) is 2.17. The van der Waals surface area contributed by atoms with E-state index in [0.717, 1.165) is 0 Å². The van der Waals surface area contributed by atoms with Gasteiger partial charge in [-0.05, 0) is 12.1 Å². The Labute approximate surface area is 84.9 Å². The van der Waals surface area contributed by atoms with Gasteiger partial charge in [-0.15, -0.1) is 0 Å². The molecule has 0 unspecified atom stereocenters. The number of anilines is 1. The molecule has 0 atom stereocenters. The maximum atomic E-state index is 11.1. The third kappa shape index (κ3) is 2.40. The van der Waals surface area contributed by atoms with E-state index in [-0.39, 0.29) is 11.4 Å². The van der Waals surface area contributed by atoms with Crippen LogP contribution in [0.1, 0.15) is 10.4 Å². The van der Waals surface area contributed by atoms with Crippen molar-refractivity contribution in [2.24, 2.45) is 0 Å². The highest BCUT2D eigenvalue weighted by Gasteiger charge is 2.12. The van der Waals surface area contributed by atoms with E-state index < -0.39 is 10.9 Å². The second kappa shape index (κ2) is 4.52. The Hall–Kier alpha value is -1.69. The fraction of sp³-hybridized carbons (Fsp3) is 0. The fourth-order valence-corrected chi connectivity index (χ4v) is 0.964. The molecule has 0 saturated heterocycles. The van der Waals surface area contributed by atoms with Crippen LogP contribution in [0.5, 0.6) is 0 Å². The molecule has 0 saturated carbocycles. The fourth-order valence-electron chi connectivity index (χ4n) is 0.835. The lowest BCUT2D eigenvalue weighted by atomic mass is 10.2. The number of carbonyl (C=O) groups excluding carboxylic acids is 3. The summed E-state index contributed by atoms with van der Waals surface area (Å²) in [5, 5.41) is 1.41. The van der Waals surface area contributed by atoms with E-state index in [4.69, 9.17) is 0 Å². The molecule has 1 N–H and O–H groups in total. The molecule has 1 amide bonds. The predicted molar refractivity (Wildman–Crippen MR) is 52.2 cm³/mol. The highest BCUT2D eigenvalue weighted by atomic mass is 32.1. The quantitative estimate of drug-likeness (QED) is 0.324. The van der Waals surface area contributed by atoms with E-state index in [0.29, 0.717) is 6.41 Å². The van der Waals surface area contributed by atoms with Crippen LogP contribution in [0.2, 0.25) is 0 Å². The van der Waals surface area contributed by atoms with Crippen LogP contribution in [0, 0.1) is 0 Å². The number of thiol groups is 1. The van der Waals surface area contributed by atoms with Gasteiger partial charge in [-0.1, -0.05) is 12.6 Å². The number of nitrogens with zero attached hydrogens (tertiary/aromatic N) is 1. The zero-order valence-electron chi connectivity index (χ0n) is 6.93. The van der Waals surface area contributed by atoms with Gasteiger partial charge in [0, 0.05) is 11.8 Å². The molecule has 0 aliphatic heterocycles. The largest absolute Gasteiger partial charge is 0.313 e. The molecule has 14 heavy (non-hydrogen) atoms. The first-order chi connectivity index (χ1) is 6.65. The molecule has 5 nitrogen and oxygen atoms in total. The van der Waals surface area contributed by atoms with Crippen molar-refractivity contribution < 1.29 is 14.4 Å². The summed E-state index contributed by atoms with van der Waals surface area (Å²) in [6.45, 7) is 0. The minimum absolute atomic E-state index is 0.143. The zero-order valence-corrected chi connectivity index (χ0v) is 7.82. The molecular formula is C8H6N2O3S. The van der Waals surface area contributed by atoms with Gasteiger partial charge in [0.05, 0.1) is 0 Å². The lowest BCUT2D eigenvalue weighted by Crippen LogP contribution is -2.08. The van der Waals surface area contributed by atoms with E-state index in [1.807, 2.05) is 0 Å². The van der Waals surface area contributed by atoms with Crippen molar-refractivity contribution in [2.75, 3.05) is 5.32 Å². The molecule has 0 aromatic carbocycles. The number of pyridine rings is 1. The van der Waals surface area contributed by atoms with Gasteiger partial charge < -0.3 is 5.32 Å². The van der Waals surface area contributed by atoms with Crippen molar-refractivity contribution in [2.45, 2.75) is 0 Å². The first-order valence-electron chi connectivity index (χ1n) is 3.59. The Balaban J connectivity index is 2.99. The summed E-state index contributed by atoms with van der Waals surface area (Å²) < 4.78 is 0. The van der Waals surface area contributed by atoms with Crippen LogP contribution in [0.25, 0.3) is 0 Å². The first-order valence-corrected chi connectivity index (χ1v) is 4.03. The van der Waals surface area contributed by atoms with Gasteiger partial charge in [0.1, 0.15) is 5.82 Å². The smallest absolute Gasteiger partial charge is 0.256 e. The lowest BCUT2D eigenvalue weighted by Gasteiger charge is -1.99. The number of amides is 1. The first kappa shape index (κ1) is 10.4. The van der Waals surface area contributed by atoms with Gasteiger partial charge in [-0.25, -0.2) is 4.98 Å². The SMILES string of the molecule is O=CNc1cc(C(=O)C(=O)S)ccn1. The van der Waals surface area contributed by atoms with Gasteiger partial charge in [0.25, 0.3) is 5.12 Å². The zero-order chi connectivity index (χ0) is 10.6. The monoisotopic (exact) mass is 210 g/mol. The molecule has 0 spiro atoms. The molecule has 1 heterocycles. The van der Waals surface area contributed by atoms with Crippen molar-refractivity contribution in [3.63, 3.8) is 0 Å². The van der Waals surface area contributed by atoms with Crippen LogP contribution in [-0.4, -0.2) is 22.3 Å². The Kier molecular flexibility index (Phi) is 3.35. The average molecular weight is 210 g/mol. The molecule has 0 fully saturated rings. The number of Topliss-reactive ketones (excluding diaryl/α,β-unsaturated/α-hetero) is 1. The van der Waals surface area contributed by atoms with Gasteiger partial charge in [-0.3, -0.25) is 14.4 Å². The van der Waals surface area contributed by atoms with Crippen molar-refractivity contribution in [3.8, 4) is 0 Å². The van der Waals surface area contributed by atoms with Crippen LogP contribution in [0.4, 0.5) is 5.82 Å². The normalized spacial score (nSPS) is 9.21. The summed E-state index contributed by atoms with van der Waals surface area (Å²) in [6.07, 6.45) is 1.74. The number of aromatic nitrogens is 1. The van der Waals surface area contributed by atoms with Crippen molar-refractivity contribution in [3.05, 3.63) is 23.9 Å². The molecule has 0 bridgehead atoms. The number of carbonyl (C=O) groups is 3. The molecule has 0 aliphatic carbocycles. The summed E-state index contributed by atoms with van der Waals surface area (Å²) in [4.78, 5) is 35.6. The Morgan fingerprint density at radius 2 is 2.21 bits per heavy atom. The maximum Gasteiger partial charge on any atom is 0.256 e. The number of hydrogen-bond donors (Lipinski definition) is 2. The molecule has 1 aromatic rings. The highest BCUT2D eigenvalue weighted by Crippen LogP contribution is 2.07. The molecule has 6 heteroatoms. The lowest BCUT2D eigenvalue weighted by molar-refractivity contribution is -0.107. The topological polar surface area (TPSA) is 76.1 Å². The van der Waals surface area contributed by atoms with Crippen LogP contribution in [0.3, 0.4) is 0 Å². The van der Waals surface area contributed by atoms with Crippen molar-refractivity contribution in [1.29, 1.82) is 0 Å². The molecular weight excluding hydrogens is 204 g/mol. The summed E-state index contributed by atoms with van der Waals surface area (Å²) in [6, 6.07) is 2.66. The van der Waals surface area contributed by atoms with Crippen LogP contribution < -0.4 is 5.32 Å². The van der Waals surface area contributed by atoms with Gasteiger partial charge in [-0.2, -0.15) is 0 Å². The molecule has 0 radical (unpaired) electrons. The number of rotatable bonds is 4. The standard InChI is InChI=1S/C8H6N2O3S/c11-4-10-6-3-5(1-2-9-6)7(12)8(13)14/h1-4H,(H,13,14)(H,9,10,11). The van der Waals surface area contributed by atoms with Crippen LogP contribution in [-0.2, 0) is 9.59 Å². The van der Waals surface area contributed by atoms with Gasteiger partial charge in [0.15, 0.2) is 0 Å². The Morgan fingerprint density at radius 3 is 2.79 bits per heavy atom. The van der Waals surface area contributed by atoms with Crippen LogP contribution in [0.15, 0.2) is 18.3 Å². The Bertz CT molecular complexity index is 392. The van der Waals surface area contributed by atoms with E-state index in [1.165, 1.54) is 18.3 Å². The van der Waals surface area contributed by atoms with E-state index in [2.05, 4.69) is 22.9 Å². The van der Waals surface area contributed by atoms with E-state index >= 15 is 0 Å². The van der Waals surface area contributed by atoms with Gasteiger partial charge >= 0.3 is 0 Å². The van der Waals surface area contributed by atoms with E-state index in [1.54, 1.807) is 0 Å². The molecule has 1 aromatic heterocycles. The second-order valence-corrected chi connectivity index (χ2v) is 2.73. The summed E-state index contributed by atoms with van der Waals surface area (Å²) in [5.74, 6) is -0.523. The minimum Gasteiger partial charge on any atom is -0.313 e. The predicted octanol–water partition coefficient (Wildman–Crippen LogP) is 0.289. The summed E-state index contributed by atoms with van der Waals surface area (Å²) in [5.41, 5.74) is 0.143.